The second-order valence-corrected chi connectivity index (χ2v) is 26.0. The number of nitrogens with zero attached hydrogens (tertiary/aromatic N) is 1. The van der Waals surface area contributed by atoms with Gasteiger partial charge in [0.1, 0.15) is 13.2 Å². The Morgan fingerprint density at radius 2 is 0.753 bits per heavy atom. The molecule has 0 bridgehead atoms. The van der Waals surface area contributed by atoms with E-state index >= 15 is 0 Å². The van der Waals surface area contributed by atoms with Crippen molar-refractivity contribution in [1.82, 2.24) is 5.32 Å². The molecule has 472 valence electrons. The number of likely N-dealkylation sites (N-methyl/N-ethyl adjacent to an activating group) is 1. The third-order valence-corrected chi connectivity index (χ3v) is 16.3. The van der Waals surface area contributed by atoms with Crippen LogP contribution in [0.3, 0.4) is 0 Å². The highest BCUT2D eigenvalue weighted by Gasteiger charge is 2.28. The van der Waals surface area contributed by atoms with Gasteiger partial charge in [-0.2, -0.15) is 0 Å². The van der Waals surface area contributed by atoms with E-state index in [1.807, 2.05) is 27.2 Å². The number of hydrogen-bond donors (Lipinski definition) is 3. The number of carbonyl (C=O) groups is 1. The average molecular weight is 1150 g/mol. The molecule has 3 N–H and O–H groups in total. The molecule has 0 spiro atoms. The number of quaternary nitrogens is 1. The van der Waals surface area contributed by atoms with Gasteiger partial charge in [0.05, 0.1) is 39.9 Å². The van der Waals surface area contributed by atoms with Gasteiger partial charge in [-0.1, -0.05) is 311 Å². The number of amides is 1. The zero-order valence-corrected chi connectivity index (χ0v) is 54.9. The van der Waals surface area contributed by atoms with Gasteiger partial charge in [-0.15, -0.1) is 0 Å². The SMILES string of the molecule is CC/C=C\C/C=C\C/C=C\C/C=C\CCCCCCCCCCCCCCCCCCCCCCC(=O)NC(COP(=O)(O)OCC[N+](C)(C)C)C(O)/C=C/CC/C=C/CC/C=C/CCCCCCCCCCCCCCCCCC. The van der Waals surface area contributed by atoms with Crippen molar-refractivity contribution < 1.29 is 32.9 Å². The topological polar surface area (TPSA) is 105 Å². The maximum Gasteiger partial charge on any atom is 0.472 e. The minimum atomic E-state index is -4.37. The molecule has 0 aromatic rings. The highest BCUT2D eigenvalue weighted by atomic mass is 31.2. The minimum absolute atomic E-state index is 0.0523. The van der Waals surface area contributed by atoms with Crippen LogP contribution in [-0.4, -0.2) is 73.4 Å². The summed E-state index contributed by atoms with van der Waals surface area (Å²) in [5, 5.41) is 14.0. The fraction of sp³-hybridized carbons (Fsp3) is 0.792. The van der Waals surface area contributed by atoms with E-state index in [0.717, 1.165) is 70.6 Å². The number of carbonyl (C=O) groups excluding carboxylic acids is 1. The lowest BCUT2D eigenvalue weighted by atomic mass is 10.0. The van der Waals surface area contributed by atoms with Crippen LogP contribution in [0, 0.1) is 0 Å². The van der Waals surface area contributed by atoms with Crippen molar-refractivity contribution in [3.05, 3.63) is 85.1 Å². The average Bonchev–Trinajstić information content (AvgIpc) is 3.43. The summed E-state index contributed by atoms with van der Waals surface area (Å²) >= 11 is 0. The molecule has 8 nitrogen and oxygen atoms in total. The summed E-state index contributed by atoms with van der Waals surface area (Å²) in [6, 6.07) is -0.874. The number of nitrogens with one attached hydrogen (secondary N) is 1. The maximum absolute atomic E-state index is 13.0. The van der Waals surface area contributed by atoms with Crippen LogP contribution in [0.2, 0.25) is 0 Å². The molecule has 81 heavy (non-hydrogen) atoms. The number of allylic oxidation sites excluding steroid dienone is 13. The summed E-state index contributed by atoms with van der Waals surface area (Å²) in [5.41, 5.74) is 0. The Morgan fingerprint density at radius 3 is 1.14 bits per heavy atom. The summed E-state index contributed by atoms with van der Waals surface area (Å²) in [7, 11) is 1.55. The third-order valence-electron chi connectivity index (χ3n) is 15.3. The van der Waals surface area contributed by atoms with Gasteiger partial charge in [0, 0.05) is 6.42 Å². The lowest BCUT2D eigenvalue weighted by Gasteiger charge is -2.25. The van der Waals surface area contributed by atoms with E-state index in [1.165, 1.54) is 225 Å². The molecule has 0 radical (unpaired) electrons. The predicted molar refractivity (Wildman–Crippen MR) is 355 cm³/mol. The standard InChI is InChI=1S/C72H133N2O6P/c1-6-8-10-12-14-16-18-20-22-24-26-28-30-32-34-35-36-37-38-39-40-42-44-46-48-50-52-54-56-58-60-62-64-66-72(76)73-70(69-80-81(77,78)79-68-67-74(3,4)5)71(75)65-63-61-59-57-55-53-51-49-47-45-43-41-33-31-29-27-25-23-21-19-17-15-13-11-9-7-2/h8,10,14,16,20,22,26,28,47,49,55,57,63,65,70-71,75H,6-7,9,11-13,15,17-19,21,23-25,27,29-46,48,50-54,56,58-62,64,66-69H2,1-5H3,(H-,73,76,77,78)/p+1/b10-8-,16-14-,22-20-,28-26-,49-47+,57-55+,65-63+. The first-order valence-electron chi connectivity index (χ1n) is 34.5. The number of aliphatic hydroxyl groups excluding tert-OH is 1. The van der Waals surface area contributed by atoms with E-state index < -0.39 is 20.0 Å². The van der Waals surface area contributed by atoms with Crippen molar-refractivity contribution in [2.75, 3.05) is 40.9 Å². The second-order valence-electron chi connectivity index (χ2n) is 24.5. The number of phosphoric acid groups is 1. The first-order chi connectivity index (χ1) is 39.5. The second kappa shape index (κ2) is 62.2. The van der Waals surface area contributed by atoms with Crippen LogP contribution in [0.5, 0.6) is 0 Å². The van der Waals surface area contributed by atoms with Crippen LogP contribution in [0.15, 0.2) is 85.1 Å². The van der Waals surface area contributed by atoms with E-state index in [-0.39, 0.29) is 19.1 Å². The normalized spacial score (nSPS) is 14.2. The van der Waals surface area contributed by atoms with E-state index in [4.69, 9.17) is 9.05 Å². The van der Waals surface area contributed by atoms with Gasteiger partial charge in [0.15, 0.2) is 0 Å². The van der Waals surface area contributed by atoms with Crippen LogP contribution in [-0.2, 0) is 18.4 Å². The van der Waals surface area contributed by atoms with E-state index in [2.05, 4.69) is 92.1 Å². The van der Waals surface area contributed by atoms with Crippen LogP contribution in [0.4, 0.5) is 0 Å². The monoisotopic (exact) mass is 1150 g/mol. The van der Waals surface area contributed by atoms with Crippen molar-refractivity contribution >= 4 is 13.7 Å². The third kappa shape index (κ3) is 65.1. The van der Waals surface area contributed by atoms with E-state index in [0.29, 0.717) is 17.4 Å². The predicted octanol–water partition coefficient (Wildman–Crippen LogP) is 21.9. The van der Waals surface area contributed by atoms with Crippen LogP contribution < -0.4 is 5.32 Å². The van der Waals surface area contributed by atoms with Gasteiger partial charge in [0.2, 0.25) is 5.91 Å². The van der Waals surface area contributed by atoms with Crippen molar-refractivity contribution in [3.63, 3.8) is 0 Å². The number of hydrogen-bond acceptors (Lipinski definition) is 5. The highest BCUT2D eigenvalue weighted by molar-refractivity contribution is 7.47. The summed E-state index contributed by atoms with van der Waals surface area (Å²) in [5.74, 6) is -0.188. The molecule has 0 aliphatic rings. The summed E-state index contributed by atoms with van der Waals surface area (Å²) in [6.45, 7) is 4.71. The van der Waals surface area contributed by atoms with Gasteiger partial charge < -0.3 is 19.8 Å². The van der Waals surface area contributed by atoms with Crippen molar-refractivity contribution in [2.45, 2.75) is 328 Å². The van der Waals surface area contributed by atoms with E-state index in [1.54, 1.807) is 6.08 Å². The number of unbranched alkanes of at least 4 members (excludes halogenated alkanes) is 38. The molecular weight excluding hydrogens is 1020 g/mol. The number of aliphatic hydroxyl groups is 1. The molecule has 0 aromatic heterocycles. The quantitative estimate of drug-likeness (QED) is 0.0243. The van der Waals surface area contributed by atoms with Gasteiger partial charge in [0.25, 0.3) is 0 Å². The van der Waals surface area contributed by atoms with Crippen molar-refractivity contribution in [1.29, 1.82) is 0 Å². The fourth-order valence-corrected chi connectivity index (χ4v) is 10.7. The Kier molecular flexibility index (Phi) is 60.4. The Hall–Kier alpha value is -2.32. The smallest absolute Gasteiger partial charge is 0.387 e. The van der Waals surface area contributed by atoms with Crippen molar-refractivity contribution in [3.8, 4) is 0 Å². The molecule has 3 unspecified atom stereocenters. The Morgan fingerprint density at radius 1 is 0.432 bits per heavy atom. The lowest BCUT2D eigenvalue weighted by Crippen LogP contribution is -2.45. The molecule has 0 saturated carbocycles. The molecule has 0 rings (SSSR count). The highest BCUT2D eigenvalue weighted by Crippen LogP contribution is 2.43. The van der Waals surface area contributed by atoms with Crippen molar-refractivity contribution in [2.24, 2.45) is 0 Å². The van der Waals surface area contributed by atoms with Crippen LogP contribution >= 0.6 is 7.82 Å². The molecular formula is C72H134N2O6P+. The van der Waals surface area contributed by atoms with Crippen LogP contribution in [0.1, 0.15) is 316 Å². The first-order valence-corrected chi connectivity index (χ1v) is 36.0. The molecule has 1 amide bonds. The maximum atomic E-state index is 13.0. The summed E-state index contributed by atoms with van der Waals surface area (Å²) in [6.07, 6.45) is 88.8. The molecule has 0 aliphatic carbocycles. The Labute approximate surface area is 503 Å². The molecule has 0 heterocycles. The zero-order chi connectivity index (χ0) is 59.1. The molecule has 0 saturated heterocycles. The van der Waals surface area contributed by atoms with E-state index in [9.17, 15) is 19.4 Å². The largest absolute Gasteiger partial charge is 0.472 e. The Balaban J connectivity index is 4.11. The molecule has 0 aliphatic heterocycles. The summed E-state index contributed by atoms with van der Waals surface area (Å²) < 4.78 is 23.8. The molecule has 0 aromatic carbocycles. The van der Waals surface area contributed by atoms with Gasteiger partial charge >= 0.3 is 7.82 Å². The molecule has 3 atom stereocenters. The number of rotatable bonds is 63. The Bertz CT molecular complexity index is 1600. The number of phosphoric ester groups is 1. The van der Waals surface area contributed by atoms with Gasteiger partial charge in [-0.25, -0.2) is 4.57 Å². The fourth-order valence-electron chi connectivity index (χ4n) is 10.0. The van der Waals surface area contributed by atoms with Gasteiger partial charge in [-0.3, -0.25) is 13.8 Å². The molecule has 0 fully saturated rings. The summed E-state index contributed by atoms with van der Waals surface area (Å²) in [4.78, 5) is 23.4. The molecule has 9 heteroatoms. The minimum Gasteiger partial charge on any atom is -0.387 e. The lowest BCUT2D eigenvalue weighted by molar-refractivity contribution is -0.870. The van der Waals surface area contributed by atoms with Crippen LogP contribution in [0.25, 0.3) is 0 Å². The van der Waals surface area contributed by atoms with Gasteiger partial charge in [-0.05, 0) is 83.5 Å². The zero-order valence-electron chi connectivity index (χ0n) is 54.0. The first kappa shape index (κ1) is 78.7.